The zero-order chi connectivity index (χ0) is 34.0. The van der Waals surface area contributed by atoms with E-state index in [1.807, 2.05) is 6.92 Å². The maximum absolute atomic E-state index is 14.8. The highest BCUT2D eigenvalue weighted by Gasteiger charge is 2.43. The third kappa shape index (κ3) is 8.17. The van der Waals surface area contributed by atoms with Gasteiger partial charge in [-0.15, -0.1) is 0 Å². The Morgan fingerprint density at radius 1 is 0.739 bits per heavy atom. The molecule has 0 amide bonds. The van der Waals surface area contributed by atoms with Gasteiger partial charge in [-0.3, -0.25) is 0 Å². The lowest BCUT2D eigenvalue weighted by Crippen LogP contribution is -2.30. The number of halogens is 12. The summed E-state index contributed by atoms with van der Waals surface area (Å²) >= 11 is 0. The first-order valence-electron chi connectivity index (χ1n) is 13.0. The lowest BCUT2D eigenvalue weighted by molar-refractivity contribution is -0.199. The van der Waals surface area contributed by atoms with Crippen LogP contribution in [0.5, 0.6) is 17.2 Å². The van der Waals surface area contributed by atoms with Gasteiger partial charge in [-0.1, -0.05) is 13.0 Å². The number of ether oxygens (including phenoxy) is 5. The molecule has 1 heterocycles. The summed E-state index contributed by atoms with van der Waals surface area (Å²) in [5.41, 5.74) is -3.30. The highest BCUT2D eigenvalue weighted by molar-refractivity contribution is 5.38. The Balaban J connectivity index is 1.48. The summed E-state index contributed by atoms with van der Waals surface area (Å²) in [7, 11) is 0. The van der Waals surface area contributed by atoms with Crippen molar-refractivity contribution in [2.75, 3.05) is 13.2 Å². The van der Waals surface area contributed by atoms with E-state index in [1.54, 1.807) is 0 Å². The van der Waals surface area contributed by atoms with Crippen LogP contribution < -0.4 is 14.2 Å². The van der Waals surface area contributed by atoms with E-state index < -0.39 is 88.1 Å². The summed E-state index contributed by atoms with van der Waals surface area (Å²) in [5, 5.41) is 0. The number of hydrogen-bond donors (Lipinski definition) is 0. The topological polar surface area (TPSA) is 46.2 Å². The molecule has 3 aromatic rings. The minimum Gasteiger partial charge on any atom is -0.429 e. The fourth-order valence-corrected chi connectivity index (χ4v) is 4.15. The normalized spacial score (nSPS) is 17.1. The monoisotopic (exact) mass is 676 g/mol. The van der Waals surface area contributed by atoms with Crippen LogP contribution in [0.1, 0.15) is 30.0 Å². The van der Waals surface area contributed by atoms with Gasteiger partial charge in [-0.05, 0) is 24.1 Å². The zero-order valence-corrected chi connectivity index (χ0v) is 23.1. The van der Waals surface area contributed by atoms with E-state index in [-0.39, 0.29) is 42.2 Å². The highest BCUT2D eigenvalue weighted by Crippen LogP contribution is 2.40. The third-order valence-electron chi connectivity index (χ3n) is 6.26. The van der Waals surface area contributed by atoms with Gasteiger partial charge in [0, 0.05) is 36.6 Å². The molecule has 0 spiro atoms. The number of benzene rings is 3. The molecule has 0 atom stereocenters. The van der Waals surface area contributed by atoms with Gasteiger partial charge in [-0.2, -0.15) is 30.7 Å². The van der Waals surface area contributed by atoms with Gasteiger partial charge in [0.1, 0.15) is 34.5 Å². The van der Waals surface area contributed by atoms with Crippen molar-refractivity contribution in [3.63, 3.8) is 0 Å². The predicted molar refractivity (Wildman–Crippen MR) is 132 cm³/mol. The van der Waals surface area contributed by atoms with E-state index in [4.69, 9.17) is 9.47 Å². The summed E-state index contributed by atoms with van der Waals surface area (Å²) in [4.78, 5) is 0. The molecule has 4 rings (SSSR count). The van der Waals surface area contributed by atoms with Crippen LogP contribution in [0.2, 0.25) is 0 Å². The van der Waals surface area contributed by atoms with E-state index >= 15 is 0 Å². The van der Waals surface area contributed by atoms with Crippen molar-refractivity contribution in [3.8, 4) is 17.2 Å². The Bertz CT molecular complexity index is 1560. The standard InChI is InChI=1S/C29H20F12O5/c1-13-11-42-23(43-12-13)5-3-14-2-4-17(18(30)6-14)28(38,39)45-15-7-19(31)24(20(32)8-15)29(40,41)46-16-9-21(33)25(22(34)10-16)44-27(37)26(35)36/h2,4,6-10,13,23H,3,5,11-12H2,1H3. The number of aryl methyl sites for hydroxylation is 1. The molecular weight excluding hydrogens is 656 g/mol. The van der Waals surface area contributed by atoms with Crippen molar-refractivity contribution in [3.05, 3.63) is 100 Å². The molecule has 5 nitrogen and oxygen atoms in total. The molecule has 1 aliphatic heterocycles. The Hall–Kier alpha value is -4.12. The molecule has 0 N–H and O–H groups in total. The Kier molecular flexibility index (Phi) is 10.4. The second-order valence-electron chi connectivity index (χ2n) is 9.91. The van der Waals surface area contributed by atoms with Gasteiger partial charge in [0.05, 0.1) is 18.8 Å². The van der Waals surface area contributed by atoms with Gasteiger partial charge < -0.3 is 23.7 Å². The maximum atomic E-state index is 14.8. The van der Waals surface area contributed by atoms with Crippen LogP contribution in [0.4, 0.5) is 52.7 Å². The van der Waals surface area contributed by atoms with Crippen LogP contribution in [-0.4, -0.2) is 19.5 Å². The van der Waals surface area contributed by atoms with E-state index in [0.717, 1.165) is 12.1 Å². The smallest absolute Gasteiger partial charge is 0.429 e. The van der Waals surface area contributed by atoms with E-state index in [9.17, 15) is 52.7 Å². The van der Waals surface area contributed by atoms with Gasteiger partial charge in [0.2, 0.25) is 5.75 Å². The summed E-state index contributed by atoms with van der Waals surface area (Å²) in [5.74, 6) is -14.4. The van der Waals surface area contributed by atoms with Crippen LogP contribution in [0.15, 0.2) is 54.6 Å². The molecule has 250 valence electrons. The first-order chi connectivity index (χ1) is 21.5. The van der Waals surface area contributed by atoms with E-state index in [2.05, 4.69) is 14.2 Å². The van der Waals surface area contributed by atoms with Gasteiger partial charge in [-0.25, -0.2) is 22.0 Å². The maximum Gasteiger partial charge on any atom is 0.432 e. The molecule has 17 heteroatoms. The van der Waals surface area contributed by atoms with Gasteiger partial charge >= 0.3 is 24.3 Å². The summed E-state index contributed by atoms with van der Waals surface area (Å²) in [6.07, 6.45) is -12.8. The Labute approximate surface area is 251 Å². The molecule has 0 saturated carbocycles. The van der Waals surface area contributed by atoms with Crippen LogP contribution in [-0.2, 0) is 28.1 Å². The van der Waals surface area contributed by atoms with Crippen molar-refractivity contribution in [1.82, 2.24) is 0 Å². The highest BCUT2D eigenvalue weighted by atomic mass is 19.3. The minimum atomic E-state index is -5.08. The van der Waals surface area contributed by atoms with Crippen LogP contribution in [0.3, 0.4) is 0 Å². The first kappa shape index (κ1) is 34.7. The largest absolute Gasteiger partial charge is 0.432 e. The summed E-state index contributed by atoms with van der Waals surface area (Å²) in [6, 6.07) is -0.579. The number of hydrogen-bond acceptors (Lipinski definition) is 5. The molecule has 3 aromatic carbocycles. The average molecular weight is 676 g/mol. The van der Waals surface area contributed by atoms with Crippen LogP contribution in [0, 0.1) is 35.0 Å². The lowest BCUT2D eigenvalue weighted by atomic mass is 10.1. The molecule has 1 aliphatic rings. The molecule has 0 aromatic heterocycles. The van der Waals surface area contributed by atoms with E-state index in [0.29, 0.717) is 25.7 Å². The van der Waals surface area contributed by atoms with Crippen LogP contribution >= 0.6 is 0 Å². The lowest BCUT2D eigenvalue weighted by Gasteiger charge is -2.27. The quantitative estimate of drug-likeness (QED) is 0.150. The molecule has 1 fully saturated rings. The predicted octanol–water partition coefficient (Wildman–Crippen LogP) is 8.99. The molecule has 46 heavy (non-hydrogen) atoms. The number of alkyl halides is 4. The summed E-state index contributed by atoms with van der Waals surface area (Å²) < 4.78 is 191. The zero-order valence-electron chi connectivity index (χ0n) is 23.1. The molecule has 1 saturated heterocycles. The summed E-state index contributed by atoms with van der Waals surface area (Å²) in [6.45, 7) is 2.81. The fourth-order valence-electron chi connectivity index (χ4n) is 4.15. The van der Waals surface area contributed by atoms with E-state index in [1.165, 1.54) is 0 Å². The molecule has 0 radical (unpaired) electrons. The SMILES string of the molecule is CC1COC(CCc2ccc(C(F)(F)Oc3cc(F)c(C(F)(F)Oc4cc(F)c(OC(F)=C(F)F)c(F)c4)c(F)c3)c(F)c2)OC1. The minimum absolute atomic E-state index is 0.110. The van der Waals surface area contributed by atoms with Crippen molar-refractivity contribution in [1.29, 1.82) is 0 Å². The molecule has 0 unspecified atom stereocenters. The van der Waals surface area contributed by atoms with Gasteiger partial charge in [0.15, 0.2) is 17.9 Å². The van der Waals surface area contributed by atoms with Crippen molar-refractivity contribution >= 4 is 0 Å². The Morgan fingerprint density at radius 2 is 1.26 bits per heavy atom. The third-order valence-corrected chi connectivity index (χ3v) is 6.26. The average Bonchev–Trinajstić information content (AvgIpc) is 2.93. The molecule has 0 bridgehead atoms. The second-order valence-corrected chi connectivity index (χ2v) is 9.91. The van der Waals surface area contributed by atoms with Crippen molar-refractivity contribution in [2.45, 2.75) is 38.3 Å². The Morgan fingerprint density at radius 3 is 1.78 bits per heavy atom. The van der Waals surface area contributed by atoms with Crippen molar-refractivity contribution in [2.24, 2.45) is 5.92 Å². The van der Waals surface area contributed by atoms with Gasteiger partial charge in [0.25, 0.3) is 0 Å². The molecule has 0 aliphatic carbocycles. The second kappa shape index (κ2) is 13.7. The van der Waals surface area contributed by atoms with Crippen LogP contribution in [0.25, 0.3) is 0 Å². The first-order valence-corrected chi connectivity index (χ1v) is 13.0. The molecular formula is C29H20F12O5. The van der Waals surface area contributed by atoms with Crippen molar-refractivity contribution < 1.29 is 76.4 Å². The fraction of sp³-hybridized carbons (Fsp3) is 0.310. The number of rotatable bonds is 11.